The van der Waals surface area contributed by atoms with Crippen molar-refractivity contribution < 1.29 is 14.6 Å². The zero-order valence-electron chi connectivity index (χ0n) is 6.00. The van der Waals surface area contributed by atoms with Crippen LogP contribution in [0.3, 0.4) is 0 Å². The highest BCUT2D eigenvalue weighted by Crippen LogP contribution is 2.35. The summed E-state index contributed by atoms with van der Waals surface area (Å²) in [6, 6.07) is 0. The molecule has 2 nitrogen and oxygen atoms in total. The number of alkyl halides is 1. The van der Waals surface area contributed by atoms with Crippen LogP contribution in [-0.2, 0) is 0 Å². The summed E-state index contributed by atoms with van der Waals surface area (Å²) in [6.45, 7) is -0.105. The molecule has 1 saturated carbocycles. The number of rotatable bonds is 1. The first-order chi connectivity index (χ1) is 4.66. The van der Waals surface area contributed by atoms with Crippen molar-refractivity contribution in [2.45, 2.75) is 24.5 Å². The second-order valence-electron chi connectivity index (χ2n) is 3.09. The molecule has 4 unspecified atom stereocenters. The lowest BCUT2D eigenvalue weighted by Crippen LogP contribution is -2.25. The van der Waals surface area contributed by atoms with Gasteiger partial charge in [-0.3, -0.25) is 0 Å². The van der Waals surface area contributed by atoms with Gasteiger partial charge in [0.15, 0.2) is 0 Å². The van der Waals surface area contributed by atoms with Crippen LogP contribution in [0, 0.1) is 5.92 Å². The third kappa shape index (κ3) is 1.18. The summed E-state index contributed by atoms with van der Waals surface area (Å²) < 4.78 is 12.8. The summed E-state index contributed by atoms with van der Waals surface area (Å²) in [5.74, 6) is -0.350. The number of aliphatic hydroxyl groups excluding tert-OH is 2. The molecule has 0 heterocycles. The third-order valence-corrected chi connectivity index (χ3v) is 2.26. The molecule has 0 aliphatic heterocycles. The van der Waals surface area contributed by atoms with Gasteiger partial charge in [-0.05, 0) is 12.2 Å². The van der Waals surface area contributed by atoms with Gasteiger partial charge in [0.25, 0.3) is 0 Å². The predicted octanol–water partition coefficient (Wildman–Crippen LogP) is -0.881. The van der Waals surface area contributed by atoms with E-state index in [0.717, 1.165) is 0 Å². The molecule has 4 heteroatoms. The summed E-state index contributed by atoms with van der Waals surface area (Å²) in [6.07, 6.45) is -1.49. The maximum absolute atomic E-state index is 12.8. The molecule has 10 heavy (non-hydrogen) atoms. The molecule has 0 aromatic carbocycles. The Bertz CT molecular complexity index is 122. The van der Waals surface area contributed by atoms with Crippen LogP contribution in [0.1, 0.15) is 6.42 Å². The molecule has 0 amide bonds. The highest BCUT2D eigenvalue weighted by Gasteiger charge is 2.39. The van der Waals surface area contributed by atoms with Crippen molar-refractivity contribution in [3.05, 3.63) is 0 Å². The van der Waals surface area contributed by atoms with E-state index in [1.165, 1.54) is 0 Å². The maximum Gasteiger partial charge on any atom is 0.122 e. The van der Waals surface area contributed by atoms with Crippen molar-refractivity contribution in [2.75, 3.05) is 6.61 Å². The third-order valence-electron chi connectivity index (χ3n) is 2.26. The monoisotopic (exact) mass is 146 g/mol. The van der Waals surface area contributed by atoms with E-state index in [1.54, 1.807) is 7.85 Å². The zero-order chi connectivity index (χ0) is 7.72. The fourth-order valence-corrected chi connectivity index (χ4v) is 1.53. The van der Waals surface area contributed by atoms with Gasteiger partial charge in [-0.15, -0.1) is 0 Å². The summed E-state index contributed by atoms with van der Waals surface area (Å²) in [5.41, 5.74) is 0. The lowest BCUT2D eigenvalue weighted by Gasteiger charge is -2.11. The minimum Gasteiger partial charge on any atom is -0.396 e. The van der Waals surface area contributed by atoms with Gasteiger partial charge in [0.05, 0.1) is 6.10 Å². The van der Waals surface area contributed by atoms with Gasteiger partial charge in [0.1, 0.15) is 14.0 Å². The van der Waals surface area contributed by atoms with Crippen molar-refractivity contribution in [1.29, 1.82) is 0 Å². The molecule has 0 saturated heterocycles. The molecule has 4 atom stereocenters. The standard InChI is InChI=1S/C6H12BFO2/c7-4-1-3(2-9)6(10)5(4)8/h3-6,9-10H,1-2,7H2. The average Bonchev–Trinajstić information content (AvgIpc) is 2.17. The fourth-order valence-electron chi connectivity index (χ4n) is 1.53. The van der Waals surface area contributed by atoms with Gasteiger partial charge >= 0.3 is 0 Å². The van der Waals surface area contributed by atoms with Crippen LogP contribution < -0.4 is 0 Å². The molecular formula is C6H12BFO2. The van der Waals surface area contributed by atoms with E-state index in [4.69, 9.17) is 10.2 Å². The van der Waals surface area contributed by atoms with Crippen molar-refractivity contribution in [3.63, 3.8) is 0 Å². The van der Waals surface area contributed by atoms with Crippen LogP contribution in [0.5, 0.6) is 0 Å². The van der Waals surface area contributed by atoms with Crippen molar-refractivity contribution >= 4 is 7.85 Å². The fraction of sp³-hybridized carbons (Fsp3) is 1.00. The molecule has 58 valence electrons. The SMILES string of the molecule is BC1CC(CO)C(O)C1F. The normalized spacial score (nSPS) is 47.9. The molecule has 0 aromatic rings. The highest BCUT2D eigenvalue weighted by molar-refractivity contribution is 6.12. The van der Waals surface area contributed by atoms with Gasteiger partial charge in [0.2, 0.25) is 0 Å². The molecule has 0 bridgehead atoms. The summed E-state index contributed by atoms with van der Waals surface area (Å²) in [7, 11) is 1.75. The lowest BCUT2D eigenvalue weighted by molar-refractivity contribution is 0.0457. The second kappa shape index (κ2) is 2.88. The van der Waals surface area contributed by atoms with Gasteiger partial charge in [0, 0.05) is 12.5 Å². The lowest BCUT2D eigenvalue weighted by atomic mass is 9.84. The van der Waals surface area contributed by atoms with Crippen LogP contribution in [0.25, 0.3) is 0 Å². The number of hydrogen-bond acceptors (Lipinski definition) is 2. The minimum atomic E-state index is -1.14. The molecule has 1 aliphatic carbocycles. The van der Waals surface area contributed by atoms with Gasteiger partial charge in [-0.2, -0.15) is 0 Å². The Labute approximate surface area is 60.5 Å². The topological polar surface area (TPSA) is 40.5 Å². The maximum atomic E-state index is 12.8. The Kier molecular flexibility index (Phi) is 2.31. The number of aliphatic hydroxyl groups is 2. The molecule has 0 radical (unpaired) electrons. The minimum absolute atomic E-state index is 0.104. The van der Waals surface area contributed by atoms with Gasteiger partial charge < -0.3 is 10.2 Å². The van der Waals surface area contributed by atoms with E-state index in [9.17, 15) is 4.39 Å². The van der Waals surface area contributed by atoms with Crippen molar-refractivity contribution in [3.8, 4) is 0 Å². The summed E-state index contributed by atoms with van der Waals surface area (Å²) >= 11 is 0. The van der Waals surface area contributed by atoms with Crippen LogP contribution in [0.15, 0.2) is 0 Å². The van der Waals surface area contributed by atoms with Crippen LogP contribution >= 0.6 is 0 Å². The Balaban J connectivity index is 2.53. The van der Waals surface area contributed by atoms with Crippen molar-refractivity contribution in [1.82, 2.24) is 0 Å². The molecule has 0 spiro atoms. The van der Waals surface area contributed by atoms with E-state index in [2.05, 4.69) is 0 Å². The van der Waals surface area contributed by atoms with Crippen LogP contribution in [-0.4, -0.2) is 36.9 Å². The van der Waals surface area contributed by atoms with Gasteiger partial charge in [-0.1, -0.05) is 0 Å². The zero-order valence-corrected chi connectivity index (χ0v) is 6.00. The first-order valence-corrected chi connectivity index (χ1v) is 3.59. The summed E-state index contributed by atoms with van der Waals surface area (Å²) in [5, 5.41) is 17.7. The predicted molar refractivity (Wildman–Crippen MR) is 38.4 cm³/mol. The molecule has 2 N–H and O–H groups in total. The van der Waals surface area contributed by atoms with Gasteiger partial charge in [-0.25, -0.2) is 4.39 Å². The number of hydrogen-bond donors (Lipinski definition) is 2. The first-order valence-electron chi connectivity index (χ1n) is 3.59. The van der Waals surface area contributed by atoms with E-state index in [1.807, 2.05) is 0 Å². The largest absolute Gasteiger partial charge is 0.396 e. The Hall–Kier alpha value is -0.0851. The summed E-state index contributed by atoms with van der Waals surface area (Å²) in [4.78, 5) is 0. The van der Waals surface area contributed by atoms with Crippen molar-refractivity contribution in [2.24, 2.45) is 5.92 Å². The highest BCUT2D eigenvalue weighted by atomic mass is 19.1. The first kappa shape index (κ1) is 8.02. The van der Waals surface area contributed by atoms with E-state index < -0.39 is 12.3 Å². The second-order valence-corrected chi connectivity index (χ2v) is 3.09. The average molecular weight is 146 g/mol. The van der Waals surface area contributed by atoms with Crippen LogP contribution in [0.4, 0.5) is 4.39 Å². The van der Waals surface area contributed by atoms with Crippen LogP contribution in [0.2, 0.25) is 5.82 Å². The molecule has 1 aliphatic rings. The molecule has 0 aromatic heterocycles. The Morgan fingerprint density at radius 2 is 2.20 bits per heavy atom. The Morgan fingerprint density at radius 3 is 2.40 bits per heavy atom. The van der Waals surface area contributed by atoms with E-state index >= 15 is 0 Å². The van der Waals surface area contributed by atoms with E-state index in [-0.39, 0.29) is 18.3 Å². The molecule has 1 rings (SSSR count). The smallest absolute Gasteiger partial charge is 0.122 e. The molecule has 1 fully saturated rings. The number of halogens is 1. The Morgan fingerprint density at radius 1 is 1.60 bits per heavy atom. The quantitative estimate of drug-likeness (QED) is 0.471. The van der Waals surface area contributed by atoms with E-state index in [0.29, 0.717) is 6.42 Å². The molecular weight excluding hydrogens is 134 g/mol.